The Kier molecular flexibility index (Phi) is 18.0. The largest absolute Gasteiger partial charge is 0.493 e. The van der Waals surface area contributed by atoms with E-state index >= 15 is 0 Å². The molecule has 1 saturated heterocycles. The van der Waals surface area contributed by atoms with E-state index < -0.39 is 5.97 Å². The molecule has 0 spiro atoms. The Morgan fingerprint density at radius 2 is 1.14 bits per heavy atom. The fraction of sp³-hybridized carbons (Fsp3) is 0.658. The summed E-state index contributed by atoms with van der Waals surface area (Å²) in [4.78, 5) is 18.0. The lowest BCUT2D eigenvalue weighted by Crippen LogP contribution is -2.46. The molecule has 0 aliphatic carbocycles. The second-order valence-electron chi connectivity index (χ2n) is 12.5. The molecule has 1 fully saturated rings. The average Bonchev–Trinajstić information content (AvgIpc) is 3.06. The van der Waals surface area contributed by atoms with Gasteiger partial charge >= 0.3 is 5.97 Å². The molecule has 0 N–H and O–H groups in total. The summed E-state index contributed by atoms with van der Waals surface area (Å²) in [6, 6.07) is 12.9. The lowest BCUT2D eigenvalue weighted by Gasteiger charge is -2.35. The van der Waals surface area contributed by atoms with E-state index in [0.29, 0.717) is 29.4 Å². The molecule has 0 saturated carbocycles. The van der Waals surface area contributed by atoms with Gasteiger partial charge < -0.3 is 19.1 Å². The summed E-state index contributed by atoms with van der Waals surface area (Å²) >= 11 is 0. The Morgan fingerprint density at radius 3 is 1.66 bits per heavy atom. The third-order valence-corrected chi connectivity index (χ3v) is 8.97. The van der Waals surface area contributed by atoms with Gasteiger partial charge in [-0.3, -0.25) is 4.90 Å². The van der Waals surface area contributed by atoms with Crippen LogP contribution < -0.4 is 14.2 Å². The van der Waals surface area contributed by atoms with E-state index in [1.807, 2.05) is 30.3 Å². The minimum Gasteiger partial charge on any atom is -0.493 e. The minimum absolute atomic E-state index is 0.401. The molecule has 2 aromatic rings. The molecule has 0 bridgehead atoms. The number of unbranched alkanes of at least 4 members (excludes halogenated alkanes) is 15. The number of carbonyl (C=O) groups excluding carboxylic acids is 1. The highest BCUT2D eigenvalue weighted by Crippen LogP contribution is 2.41. The van der Waals surface area contributed by atoms with Gasteiger partial charge in [-0.2, -0.15) is 0 Å². The average molecular weight is 609 g/mol. The zero-order valence-electron chi connectivity index (χ0n) is 28.1. The van der Waals surface area contributed by atoms with Crippen molar-refractivity contribution in [3.05, 3.63) is 53.6 Å². The van der Waals surface area contributed by atoms with E-state index in [9.17, 15) is 4.79 Å². The van der Waals surface area contributed by atoms with E-state index in [2.05, 4.69) is 16.7 Å². The molecule has 0 unspecified atom stereocenters. The number of rotatable bonds is 23. The van der Waals surface area contributed by atoms with E-state index in [4.69, 9.17) is 14.2 Å². The van der Waals surface area contributed by atoms with Gasteiger partial charge in [0.1, 0.15) is 0 Å². The number of benzene rings is 2. The summed E-state index contributed by atoms with van der Waals surface area (Å²) in [6.45, 7) is 8.34. The first kappa shape index (κ1) is 35.9. The summed E-state index contributed by atoms with van der Waals surface area (Å²) in [5.41, 5.74) is 1.43. The Hall–Kier alpha value is -2.57. The molecule has 1 aliphatic rings. The second-order valence-corrected chi connectivity index (χ2v) is 12.5. The lowest BCUT2D eigenvalue weighted by atomic mass is 10.0. The van der Waals surface area contributed by atoms with Crippen LogP contribution >= 0.6 is 0 Å². The number of carbonyl (C=O) groups is 1. The van der Waals surface area contributed by atoms with Crippen LogP contribution in [0.5, 0.6) is 17.2 Å². The van der Waals surface area contributed by atoms with Crippen molar-refractivity contribution in [2.45, 2.75) is 116 Å². The minimum atomic E-state index is -0.401. The van der Waals surface area contributed by atoms with Gasteiger partial charge in [0.05, 0.1) is 19.8 Å². The quantitative estimate of drug-likeness (QED) is 0.0712. The topological polar surface area (TPSA) is 51.2 Å². The maximum absolute atomic E-state index is 12.9. The standard InChI is InChI=1S/C38H60N2O4/c1-4-5-6-7-8-9-10-11-12-13-14-15-16-17-18-22-27-39-28-30-40(31-29-39)32-34-25-26-35(42-2)37(43-3)36(34)44-38(41)33-23-20-19-21-24-33/h19-21,23-26H,4-18,22,27-32H2,1-3H3. The maximum atomic E-state index is 12.9. The molecular formula is C38H60N2O4. The third-order valence-electron chi connectivity index (χ3n) is 8.97. The van der Waals surface area contributed by atoms with Crippen molar-refractivity contribution in [2.75, 3.05) is 46.9 Å². The number of hydrogen-bond acceptors (Lipinski definition) is 6. The fourth-order valence-electron chi connectivity index (χ4n) is 6.20. The molecule has 6 nitrogen and oxygen atoms in total. The molecule has 0 amide bonds. The highest BCUT2D eigenvalue weighted by Gasteiger charge is 2.23. The predicted molar refractivity (Wildman–Crippen MR) is 182 cm³/mol. The van der Waals surface area contributed by atoms with E-state index in [1.165, 1.54) is 109 Å². The van der Waals surface area contributed by atoms with Crippen molar-refractivity contribution in [3.63, 3.8) is 0 Å². The zero-order chi connectivity index (χ0) is 31.2. The van der Waals surface area contributed by atoms with Crippen LogP contribution in [-0.4, -0.2) is 62.7 Å². The van der Waals surface area contributed by atoms with Gasteiger partial charge in [-0.05, 0) is 31.2 Å². The number of hydrogen-bond donors (Lipinski definition) is 0. The lowest BCUT2D eigenvalue weighted by molar-refractivity contribution is 0.0723. The van der Waals surface area contributed by atoms with Crippen LogP contribution in [0.2, 0.25) is 0 Å². The van der Waals surface area contributed by atoms with Crippen molar-refractivity contribution in [1.82, 2.24) is 9.80 Å². The van der Waals surface area contributed by atoms with Gasteiger partial charge in [0.15, 0.2) is 11.5 Å². The van der Waals surface area contributed by atoms with Crippen LogP contribution in [0.1, 0.15) is 126 Å². The zero-order valence-corrected chi connectivity index (χ0v) is 28.1. The Labute approximate surface area is 268 Å². The third kappa shape index (κ3) is 13.2. The molecule has 246 valence electrons. The van der Waals surface area contributed by atoms with Crippen molar-refractivity contribution >= 4 is 5.97 Å². The summed E-state index contributed by atoms with van der Waals surface area (Å²) < 4.78 is 17.1. The molecule has 6 heteroatoms. The fourth-order valence-corrected chi connectivity index (χ4v) is 6.20. The molecular weight excluding hydrogens is 548 g/mol. The molecule has 3 rings (SSSR count). The van der Waals surface area contributed by atoms with Crippen molar-refractivity contribution in [2.24, 2.45) is 0 Å². The summed E-state index contributed by atoms with van der Waals surface area (Å²) in [5.74, 6) is 1.05. The van der Waals surface area contributed by atoms with Gasteiger partial charge in [0.25, 0.3) is 0 Å². The van der Waals surface area contributed by atoms with Crippen LogP contribution in [0, 0.1) is 0 Å². The normalized spacial score (nSPS) is 14.1. The van der Waals surface area contributed by atoms with Gasteiger partial charge in [-0.15, -0.1) is 0 Å². The second kappa shape index (κ2) is 22.0. The number of methoxy groups -OCH3 is 2. The van der Waals surface area contributed by atoms with Gasteiger partial charge in [-0.1, -0.05) is 128 Å². The van der Waals surface area contributed by atoms with E-state index in [1.54, 1.807) is 26.4 Å². The van der Waals surface area contributed by atoms with Crippen LogP contribution in [0.4, 0.5) is 0 Å². The summed E-state index contributed by atoms with van der Waals surface area (Å²) in [7, 11) is 3.18. The SMILES string of the molecule is CCCCCCCCCCCCCCCCCCN1CCN(Cc2ccc(OC)c(OC)c2OC(=O)c2ccccc2)CC1. The maximum Gasteiger partial charge on any atom is 0.343 e. The van der Waals surface area contributed by atoms with Crippen molar-refractivity contribution < 1.29 is 19.0 Å². The number of nitrogens with zero attached hydrogens (tertiary/aromatic N) is 2. The first-order valence-corrected chi connectivity index (χ1v) is 17.6. The van der Waals surface area contributed by atoms with Crippen LogP contribution in [0.15, 0.2) is 42.5 Å². The molecule has 0 aromatic heterocycles. The molecule has 1 aliphatic heterocycles. The summed E-state index contributed by atoms with van der Waals surface area (Å²) in [6.07, 6.45) is 22.6. The highest BCUT2D eigenvalue weighted by molar-refractivity contribution is 5.91. The van der Waals surface area contributed by atoms with Crippen LogP contribution in [0.25, 0.3) is 0 Å². The van der Waals surface area contributed by atoms with Gasteiger partial charge in [0, 0.05) is 38.3 Å². The smallest absolute Gasteiger partial charge is 0.343 e. The van der Waals surface area contributed by atoms with Gasteiger partial charge in [0.2, 0.25) is 5.75 Å². The predicted octanol–water partition coefficient (Wildman–Crippen LogP) is 9.30. The molecule has 2 aromatic carbocycles. The molecule has 1 heterocycles. The molecule has 0 atom stereocenters. The number of piperazine rings is 1. The summed E-state index contributed by atoms with van der Waals surface area (Å²) in [5, 5.41) is 0. The Bertz CT molecular complexity index is 1040. The van der Waals surface area contributed by atoms with Crippen LogP contribution in [0.3, 0.4) is 0 Å². The Balaban J connectivity index is 1.28. The molecule has 44 heavy (non-hydrogen) atoms. The van der Waals surface area contributed by atoms with Crippen molar-refractivity contribution in [1.29, 1.82) is 0 Å². The van der Waals surface area contributed by atoms with Gasteiger partial charge in [-0.25, -0.2) is 4.79 Å². The first-order valence-electron chi connectivity index (χ1n) is 17.6. The first-order chi connectivity index (χ1) is 21.7. The molecule has 0 radical (unpaired) electrons. The van der Waals surface area contributed by atoms with E-state index in [-0.39, 0.29) is 0 Å². The Morgan fingerprint density at radius 1 is 0.614 bits per heavy atom. The van der Waals surface area contributed by atoms with E-state index in [0.717, 1.165) is 31.7 Å². The van der Waals surface area contributed by atoms with Crippen molar-refractivity contribution in [3.8, 4) is 17.2 Å². The monoisotopic (exact) mass is 608 g/mol. The number of esters is 1. The van der Waals surface area contributed by atoms with Crippen LogP contribution in [-0.2, 0) is 6.54 Å². The number of ether oxygens (including phenoxy) is 3. The highest BCUT2D eigenvalue weighted by atomic mass is 16.6.